The van der Waals surface area contributed by atoms with E-state index in [1.54, 1.807) is 6.33 Å². The van der Waals surface area contributed by atoms with Gasteiger partial charge in [0.15, 0.2) is 0 Å². The van der Waals surface area contributed by atoms with Gasteiger partial charge in [0.25, 0.3) is 0 Å². The van der Waals surface area contributed by atoms with Crippen LogP contribution in [0.1, 0.15) is 24.0 Å². The van der Waals surface area contributed by atoms with Crippen LogP contribution < -0.4 is 4.90 Å². The lowest BCUT2D eigenvalue weighted by Gasteiger charge is -2.38. The molecule has 0 atom stereocenters. The topological polar surface area (TPSA) is 94.5 Å². The molecule has 166 valence electrons. The molecule has 7 nitrogen and oxygen atoms in total. The molecule has 2 aromatic carbocycles. The molecule has 33 heavy (non-hydrogen) atoms. The van der Waals surface area contributed by atoms with Crippen LogP contribution in [-0.2, 0) is 4.79 Å². The summed E-state index contributed by atoms with van der Waals surface area (Å²) in [5.74, 6) is 0.0545. The highest BCUT2D eigenvalue weighted by molar-refractivity contribution is 6.13. The van der Waals surface area contributed by atoms with E-state index in [1.807, 2.05) is 72.9 Å². The number of carboxylic acids is 1. The maximum atomic E-state index is 12.5. The van der Waals surface area contributed by atoms with Crippen LogP contribution in [0.4, 0.5) is 5.82 Å². The number of fused-ring (bicyclic) bond motifs is 1. The molecule has 2 aromatic heterocycles. The fraction of sp³-hybridized carbons (Fsp3) is 0.231. The molecule has 1 aliphatic rings. The van der Waals surface area contributed by atoms with Crippen LogP contribution in [-0.4, -0.2) is 51.4 Å². The van der Waals surface area contributed by atoms with E-state index in [-0.39, 0.29) is 6.54 Å². The summed E-state index contributed by atoms with van der Waals surface area (Å²) >= 11 is 0. The van der Waals surface area contributed by atoms with E-state index in [4.69, 9.17) is 4.99 Å². The molecule has 5 rings (SSSR count). The largest absolute Gasteiger partial charge is 0.481 e. The fourth-order valence-electron chi connectivity index (χ4n) is 4.47. The number of rotatable bonds is 6. The summed E-state index contributed by atoms with van der Waals surface area (Å²) in [6.45, 7) is 1.44. The van der Waals surface area contributed by atoms with Crippen molar-refractivity contribution in [2.45, 2.75) is 12.8 Å². The van der Waals surface area contributed by atoms with Crippen molar-refractivity contribution in [2.75, 3.05) is 24.5 Å². The Bertz CT molecular complexity index is 1230. The third kappa shape index (κ3) is 4.09. The Labute approximate surface area is 191 Å². The van der Waals surface area contributed by atoms with Gasteiger partial charge in [-0.3, -0.25) is 9.79 Å². The fourth-order valence-corrected chi connectivity index (χ4v) is 4.47. The van der Waals surface area contributed by atoms with Gasteiger partial charge in [-0.2, -0.15) is 0 Å². The van der Waals surface area contributed by atoms with E-state index in [0.29, 0.717) is 25.9 Å². The number of aromatic amines is 1. The van der Waals surface area contributed by atoms with E-state index in [0.717, 1.165) is 33.7 Å². The van der Waals surface area contributed by atoms with Crippen molar-refractivity contribution in [2.24, 2.45) is 10.4 Å². The van der Waals surface area contributed by atoms with Crippen molar-refractivity contribution >= 4 is 28.5 Å². The van der Waals surface area contributed by atoms with Crippen LogP contribution in [0.5, 0.6) is 0 Å². The Kier molecular flexibility index (Phi) is 5.60. The number of nitrogens with zero attached hydrogens (tertiary/aromatic N) is 4. The van der Waals surface area contributed by atoms with Crippen LogP contribution in [0.15, 0.2) is 84.2 Å². The molecule has 0 spiro atoms. The van der Waals surface area contributed by atoms with Crippen LogP contribution in [0.25, 0.3) is 11.0 Å². The molecule has 0 unspecified atom stereocenters. The molecule has 4 aromatic rings. The number of H-pyrrole nitrogens is 1. The molecule has 1 saturated heterocycles. The zero-order chi connectivity index (χ0) is 22.7. The Hall–Kier alpha value is -4.00. The van der Waals surface area contributed by atoms with Gasteiger partial charge in [-0.1, -0.05) is 60.7 Å². The van der Waals surface area contributed by atoms with E-state index in [2.05, 4.69) is 19.9 Å². The minimum absolute atomic E-state index is 0.235. The Morgan fingerprint density at radius 3 is 2.21 bits per heavy atom. The number of carbonyl (C=O) groups is 1. The summed E-state index contributed by atoms with van der Waals surface area (Å²) in [5, 5.41) is 11.2. The Morgan fingerprint density at radius 2 is 1.61 bits per heavy atom. The summed E-state index contributed by atoms with van der Waals surface area (Å²) in [6, 6.07) is 21.8. The van der Waals surface area contributed by atoms with Crippen molar-refractivity contribution in [1.29, 1.82) is 0 Å². The number of aliphatic carboxylic acids is 1. The van der Waals surface area contributed by atoms with Gasteiger partial charge >= 0.3 is 5.97 Å². The minimum atomic E-state index is -0.907. The highest BCUT2D eigenvalue weighted by Crippen LogP contribution is 2.35. The number of anilines is 1. The van der Waals surface area contributed by atoms with Gasteiger partial charge < -0.3 is 15.0 Å². The Morgan fingerprint density at radius 1 is 0.970 bits per heavy atom. The summed E-state index contributed by atoms with van der Waals surface area (Å²) in [7, 11) is 0. The predicted octanol–water partition coefficient (Wildman–Crippen LogP) is 4.17. The summed E-state index contributed by atoms with van der Waals surface area (Å²) in [4.78, 5) is 31.3. The normalized spacial score (nSPS) is 15.3. The third-order valence-electron chi connectivity index (χ3n) is 6.44. The molecule has 0 bridgehead atoms. The smallest absolute Gasteiger partial charge is 0.311 e. The second-order valence-electron chi connectivity index (χ2n) is 8.41. The van der Waals surface area contributed by atoms with Crippen molar-refractivity contribution in [1.82, 2.24) is 15.0 Å². The average Bonchev–Trinajstić information content (AvgIpc) is 3.35. The van der Waals surface area contributed by atoms with E-state index in [9.17, 15) is 9.90 Å². The highest BCUT2D eigenvalue weighted by Gasteiger charge is 2.42. The zero-order valence-electron chi connectivity index (χ0n) is 18.2. The molecule has 0 radical (unpaired) electrons. The van der Waals surface area contributed by atoms with Crippen molar-refractivity contribution < 1.29 is 9.90 Å². The lowest BCUT2D eigenvalue weighted by Crippen LogP contribution is -2.46. The summed E-state index contributed by atoms with van der Waals surface area (Å²) in [6.07, 6.45) is 4.39. The second kappa shape index (κ2) is 8.86. The van der Waals surface area contributed by atoms with Crippen molar-refractivity contribution in [3.8, 4) is 0 Å². The lowest BCUT2D eigenvalue weighted by molar-refractivity contribution is -0.149. The maximum absolute atomic E-state index is 12.5. The number of benzene rings is 2. The van der Waals surface area contributed by atoms with Crippen LogP contribution in [0.2, 0.25) is 0 Å². The van der Waals surface area contributed by atoms with Gasteiger partial charge in [0.05, 0.1) is 23.1 Å². The summed E-state index contributed by atoms with van der Waals surface area (Å²) in [5.41, 5.74) is 2.67. The molecule has 0 amide bonds. The monoisotopic (exact) mass is 439 g/mol. The first kappa shape index (κ1) is 20.9. The molecule has 1 aliphatic heterocycles. The van der Waals surface area contributed by atoms with Crippen molar-refractivity contribution in [3.05, 3.63) is 90.4 Å². The highest BCUT2D eigenvalue weighted by atomic mass is 16.4. The number of carboxylic acid groups (broad SMARTS) is 1. The molecular weight excluding hydrogens is 414 g/mol. The van der Waals surface area contributed by atoms with E-state index < -0.39 is 11.4 Å². The Balaban J connectivity index is 1.41. The minimum Gasteiger partial charge on any atom is -0.481 e. The third-order valence-corrected chi connectivity index (χ3v) is 6.44. The molecule has 7 heteroatoms. The van der Waals surface area contributed by atoms with Crippen LogP contribution in [0.3, 0.4) is 0 Å². The van der Waals surface area contributed by atoms with Gasteiger partial charge in [-0.25, -0.2) is 9.97 Å². The second-order valence-corrected chi connectivity index (χ2v) is 8.41. The molecule has 1 fully saturated rings. The first-order chi connectivity index (χ1) is 16.2. The SMILES string of the molecule is O=C(O)C1(CN=C(c2ccccc2)c2ccccc2)CCN(c2ncnc3[nH]ccc23)CC1. The van der Waals surface area contributed by atoms with E-state index in [1.165, 1.54) is 0 Å². The number of hydrogen-bond donors (Lipinski definition) is 2. The van der Waals surface area contributed by atoms with Crippen LogP contribution in [0, 0.1) is 5.41 Å². The quantitative estimate of drug-likeness (QED) is 0.440. The molecule has 2 N–H and O–H groups in total. The molecule has 0 aliphatic carbocycles. The first-order valence-electron chi connectivity index (χ1n) is 11.1. The average molecular weight is 440 g/mol. The molecule has 3 heterocycles. The van der Waals surface area contributed by atoms with Gasteiger partial charge in [-0.05, 0) is 18.9 Å². The molecule has 0 saturated carbocycles. The number of hydrogen-bond acceptors (Lipinski definition) is 5. The molecular formula is C26H25N5O2. The zero-order valence-corrected chi connectivity index (χ0v) is 18.2. The number of nitrogens with one attached hydrogen (secondary N) is 1. The number of aliphatic imine (C=N–C) groups is 1. The first-order valence-corrected chi connectivity index (χ1v) is 11.1. The van der Waals surface area contributed by atoms with Gasteiger partial charge in [0.1, 0.15) is 17.8 Å². The standard InChI is InChI=1S/C26H25N5O2/c32-25(33)26(12-15-31(16-13-26)24-21-11-14-27-23(21)29-18-30-24)17-28-22(19-7-3-1-4-8-19)20-9-5-2-6-10-20/h1-11,14,18H,12-13,15-17H2,(H,32,33)(H,27,29,30). The summed E-state index contributed by atoms with van der Waals surface area (Å²) < 4.78 is 0. The number of aromatic nitrogens is 3. The maximum Gasteiger partial charge on any atom is 0.311 e. The predicted molar refractivity (Wildman–Crippen MR) is 129 cm³/mol. The van der Waals surface area contributed by atoms with Gasteiger partial charge in [0, 0.05) is 30.4 Å². The van der Waals surface area contributed by atoms with Crippen LogP contribution >= 0.6 is 0 Å². The van der Waals surface area contributed by atoms with E-state index >= 15 is 0 Å². The lowest BCUT2D eigenvalue weighted by atomic mass is 9.78. The van der Waals surface area contributed by atoms with Gasteiger partial charge in [0.2, 0.25) is 0 Å². The van der Waals surface area contributed by atoms with Gasteiger partial charge in [-0.15, -0.1) is 0 Å². The van der Waals surface area contributed by atoms with Crippen molar-refractivity contribution in [3.63, 3.8) is 0 Å². The number of piperidine rings is 1.